The van der Waals surface area contributed by atoms with E-state index in [0.29, 0.717) is 6.10 Å². The van der Waals surface area contributed by atoms with E-state index in [1.165, 1.54) is 19.3 Å². The standard InChI is InChI=1S/C9H18O2/c1-3-4-8-5-6-11-9(8)7-10-2/h8-9H,3-7H2,1-2H3. The number of hydrogen-bond acceptors (Lipinski definition) is 2. The zero-order valence-corrected chi connectivity index (χ0v) is 7.51. The first kappa shape index (κ1) is 9.01. The van der Waals surface area contributed by atoms with Crippen molar-refractivity contribution in [3.8, 4) is 0 Å². The quantitative estimate of drug-likeness (QED) is 0.621. The second kappa shape index (κ2) is 4.73. The predicted octanol–water partition coefficient (Wildman–Crippen LogP) is 1.84. The highest BCUT2D eigenvalue weighted by atomic mass is 16.5. The maximum absolute atomic E-state index is 5.53. The van der Waals surface area contributed by atoms with Crippen LogP contribution in [-0.2, 0) is 9.47 Å². The van der Waals surface area contributed by atoms with Crippen molar-refractivity contribution in [2.75, 3.05) is 20.3 Å². The molecule has 1 saturated heterocycles. The number of methoxy groups -OCH3 is 1. The Morgan fingerprint density at radius 3 is 3.00 bits per heavy atom. The van der Waals surface area contributed by atoms with Crippen molar-refractivity contribution >= 4 is 0 Å². The molecule has 0 N–H and O–H groups in total. The summed E-state index contributed by atoms with van der Waals surface area (Å²) in [6.07, 6.45) is 4.14. The first-order valence-corrected chi connectivity index (χ1v) is 4.49. The lowest BCUT2D eigenvalue weighted by molar-refractivity contribution is 0.0190. The summed E-state index contributed by atoms with van der Waals surface area (Å²) in [7, 11) is 1.74. The molecule has 2 atom stereocenters. The molecule has 0 aromatic rings. The van der Waals surface area contributed by atoms with Gasteiger partial charge in [0.05, 0.1) is 12.7 Å². The van der Waals surface area contributed by atoms with Crippen molar-refractivity contribution in [2.45, 2.75) is 32.3 Å². The highest BCUT2D eigenvalue weighted by Crippen LogP contribution is 2.25. The maximum Gasteiger partial charge on any atom is 0.0837 e. The molecule has 1 fully saturated rings. The fraction of sp³-hybridized carbons (Fsp3) is 1.00. The Hall–Kier alpha value is -0.0800. The molecule has 2 nitrogen and oxygen atoms in total. The van der Waals surface area contributed by atoms with Gasteiger partial charge in [0.15, 0.2) is 0 Å². The largest absolute Gasteiger partial charge is 0.382 e. The fourth-order valence-corrected chi connectivity index (χ4v) is 1.74. The zero-order chi connectivity index (χ0) is 8.10. The summed E-state index contributed by atoms with van der Waals surface area (Å²) in [6, 6.07) is 0. The van der Waals surface area contributed by atoms with Crippen LogP contribution in [0.3, 0.4) is 0 Å². The number of ether oxygens (including phenoxy) is 2. The molecule has 0 bridgehead atoms. The van der Waals surface area contributed by atoms with E-state index in [4.69, 9.17) is 9.47 Å². The Labute approximate surface area is 68.9 Å². The Morgan fingerprint density at radius 2 is 2.36 bits per heavy atom. The molecule has 1 heterocycles. The molecule has 0 saturated carbocycles. The topological polar surface area (TPSA) is 18.5 Å². The summed E-state index contributed by atoms with van der Waals surface area (Å²) in [6.45, 7) is 3.92. The average Bonchev–Trinajstić information content (AvgIpc) is 2.39. The molecule has 0 spiro atoms. The van der Waals surface area contributed by atoms with Crippen LogP contribution in [0.4, 0.5) is 0 Å². The lowest BCUT2D eigenvalue weighted by Gasteiger charge is -2.16. The van der Waals surface area contributed by atoms with E-state index in [1.807, 2.05) is 0 Å². The fourth-order valence-electron chi connectivity index (χ4n) is 1.74. The maximum atomic E-state index is 5.53. The van der Waals surface area contributed by atoms with Gasteiger partial charge in [0.25, 0.3) is 0 Å². The van der Waals surface area contributed by atoms with Crippen molar-refractivity contribution in [3.05, 3.63) is 0 Å². The third-order valence-electron chi connectivity index (χ3n) is 2.34. The predicted molar refractivity (Wildman–Crippen MR) is 44.6 cm³/mol. The Morgan fingerprint density at radius 1 is 1.55 bits per heavy atom. The van der Waals surface area contributed by atoms with Crippen LogP contribution in [0.2, 0.25) is 0 Å². The first-order chi connectivity index (χ1) is 5.38. The molecule has 1 aliphatic heterocycles. The molecular weight excluding hydrogens is 140 g/mol. The lowest BCUT2D eigenvalue weighted by atomic mass is 9.97. The summed E-state index contributed by atoms with van der Waals surface area (Å²) in [4.78, 5) is 0. The molecule has 2 heteroatoms. The van der Waals surface area contributed by atoms with E-state index < -0.39 is 0 Å². The molecule has 2 unspecified atom stereocenters. The van der Waals surface area contributed by atoms with Crippen LogP contribution in [-0.4, -0.2) is 26.4 Å². The number of hydrogen-bond donors (Lipinski definition) is 0. The third-order valence-corrected chi connectivity index (χ3v) is 2.34. The molecule has 1 rings (SSSR count). The van der Waals surface area contributed by atoms with Gasteiger partial charge in [-0.05, 0) is 18.8 Å². The van der Waals surface area contributed by atoms with E-state index in [-0.39, 0.29) is 0 Å². The lowest BCUT2D eigenvalue weighted by Crippen LogP contribution is -2.21. The van der Waals surface area contributed by atoms with Gasteiger partial charge in [-0.1, -0.05) is 13.3 Å². The van der Waals surface area contributed by atoms with Crippen LogP contribution in [0.25, 0.3) is 0 Å². The second-order valence-electron chi connectivity index (χ2n) is 3.20. The summed E-state index contributed by atoms with van der Waals surface area (Å²) in [5.74, 6) is 0.750. The molecule has 0 radical (unpaired) electrons. The zero-order valence-electron chi connectivity index (χ0n) is 7.51. The molecule has 0 aliphatic carbocycles. The molecule has 0 aromatic heterocycles. The first-order valence-electron chi connectivity index (χ1n) is 4.49. The van der Waals surface area contributed by atoms with Gasteiger partial charge in [0, 0.05) is 13.7 Å². The van der Waals surface area contributed by atoms with Crippen molar-refractivity contribution in [1.82, 2.24) is 0 Å². The van der Waals surface area contributed by atoms with Crippen LogP contribution in [0.5, 0.6) is 0 Å². The Kier molecular flexibility index (Phi) is 3.87. The van der Waals surface area contributed by atoms with E-state index in [9.17, 15) is 0 Å². The monoisotopic (exact) mass is 158 g/mol. The Bertz CT molecular complexity index is 91.7. The van der Waals surface area contributed by atoms with Crippen molar-refractivity contribution in [2.24, 2.45) is 5.92 Å². The van der Waals surface area contributed by atoms with Crippen LogP contribution in [0.15, 0.2) is 0 Å². The molecule has 11 heavy (non-hydrogen) atoms. The summed E-state index contributed by atoms with van der Waals surface area (Å²) < 4.78 is 10.6. The summed E-state index contributed by atoms with van der Waals surface area (Å²) in [5, 5.41) is 0. The van der Waals surface area contributed by atoms with Crippen LogP contribution >= 0.6 is 0 Å². The normalized spacial score (nSPS) is 31.1. The summed E-state index contributed by atoms with van der Waals surface area (Å²) in [5.41, 5.74) is 0. The highest BCUT2D eigenvalue weighted by molar-refractivity contribution is 4.75. The van der Waals surface area contributed by atoms with Crippen molar-refractivity contribution in [1.29, 1.82) is 0 Å². The van der Waals surface area contributed by atoms with Gasteiger partial charge >= 0.3 is 0 Å². The molecule has 66 valence electrons. The van der Waals surface area contributed by atoms with Gasteiger partial charge in [0.2, 0.25) is 0 Å². The van der Waals surface area contributed by atoms with Gasteiger partial charge in [-0.15, -0.1) is 0 Å². The molecule has 1 aliphatic rings. The van der Waals surface area contributed by atoms with Gasteiger partial charge < -0.3 is 9.47 Å². The Balaban J connectivity index is 2.25. The molecule has 0 aromatic carbocycles. The van der Waals surface area contributed by atoms with E-state index in [2.05, 4.69) is 6.92 Å². The average molecular weight is 158 g/mol. The highest BCUT2D eigenvalue weighted by Gasteiger charge is 2.26. The number of rotatable bonds is 4. The van der Waals surface area contributed by atoms with Gasteiger partial charge in [-0.3, -0.25) is 0 Å². The van der Waals surface area contributed by atoms with E-state index in [0.717, 1.165) is 19.1 Å². The minimum atomic E-state index is 0.375. The second-order valence-corrected chi connectivity index (χ2v) is 3.20. The van der Waals surface area contributed by atoms with Gasteiger partial charge in [0.1, 0.15) is 0 Å². The van der Waals surface area contributed by atoms with Crippen molar-refractivity contribution in [3.63, 3.8) is 0 Å². The van der Waals surface area contributed by atoms with E-state index >= 15 is 0 Å². The SMILES string of the molecule is CCCC1CCOC1COC. The van der Waals surface area contributed by atoms with Crippen LogP contribution < -0.4 is 0 Å². The minimum absolute atomic E-state index is 0.375. The van der Waals surface area contributed by atoms with Gasteiger partial charge in [-0.25, -0.2) is 0 Å². The smallest absolute Gasteiger partial charge is 0.0837 e. The molecule has 0 amide bonds. The minimum Gasteiger partial charge on any atom is -0.382 e. The summed E-state index contributed by atoms with van der Waals surface area (Å²) >= 11 is 0. The van der Waals surface area contributed by atoms with Gasteiger partial charge in [-0.2, -0.15) is 0 Å². The third kappa shape index (κ3) is 2.46. The molecular formula is C9H18O2. The van der Waals surface area contributed by atoms with Crippen molar-refractivity contribution < 1.29 is 9.47 Å². The van der Waals surface area contributed by atoms with E-state index in [1.54, 1.807) is 7.11 Å². The van der Waals surface area contributed by atoms with Crippen LogP contribution in [0, 0.1) is 5.92 Å². The van der Waals surface area contributed by atoms with Crippen LogP contribution in [0.1, 0.15) is 26.2 Å².